The van der Waals surface area contributed by atoms with E-state index in [2.05, 4.69) is 10.5 Å². The number of benzene rings is 2. The van der Waals surface area contributed by atoms with Crippen molar-refractivity contribution in [3.63, 3.8) is 0 Å². The van der Waals surface area contributed by atoms with Gasteiger partial charge in [0.1, 0.15) is 12.4 Å². The first-order valence-corrected chi connectivity index (χ1v) is 9.76. The second kappa shape index (κ2) is 10.5. The van der Waals surface area contributed by atoms with E-state index in [-0.39, 0.29) is 40.7 Å². The lowest BCUT2D eigenvalue weighted by Crippen LogP contribution is -2.42. The minimum atomic E-state index is -0.365. The van der Waals surface area contributed by atoms with Crippen molar-refractivity contribution in [2.24, 2.45) is 5.10 Å². The Hall–Kier alpha value is -2.19. The van der Waals surface area contributed by atoms with Crippen LogP contribution in [0.4, 0.5) is 4.39 Å². The van der Waals surface area contributed by atoms with Gasteiger partial charge in [0, 0.05) is 18.7 Å². The van der Waals surface area contributed by atoms with E-state index < -0.39 is 0 Å². The van der Waals surface area contributed by atoms with Gasteiger partial charge in [-0.25, -0.2) is 9.82 Å². The second-order valence-corrected chi connectivity index (χ2v) is 7.19. The Kier molecular flexibility index (Phi) is 7.83. The van der Waals surface area contributed by atoms with Crippen molar-refractivity contribution in [1.29, 1.82) is 0 Å². The van der Waals surface area contributed by atoms with Crippen molar-refractivity contribution in [1.82, 2.24) is 10.3 Å². The molecule has 1 aliphatic heterocycles. The number of hydrazone groups is 1. The van der Waals surface area contributed by atoms with Gasteiger partial charge in [-0.15, -0.1) is 0 Å². The van der Waals surface area contributed by atoms with E-state index in [4.69, 9.17) is 32.7 Å². The van der Waals surface area contributed by atoms with Crippen LogP contribution in [0.2, 0.25) is 10.0 Å². The normalized spacial score (nSPS) is 14.9. The molecule has 29 heavy (non-hydrogen) atoms. The van der Waals surface area contributed by atoms with E-state index in [1.807, 2.05) is 4.90 Å². The number of hydrogen-bond acceptors (Lipinski definition) is 5. The molecule has 0 aromatic heterocycles. The molecule has 9 heteroatoms. The molecule has 3 rings (SSSR count). The number of rotatable bonds is 7. The molecule has 0 atom stereocenters. The number of carbonyl (C=O) groups excluding carboxylic acids is 1. The van der Waals surface area contributed by atoms with Crippen LogP contribution >= 0.6 is 23.2 Å². The Bertz CT molecular complexity index is 866. The van der Waals surface area contributed by atoms with Gasteiger partial charge in [0.15, 0.2) is 5.75 Å². The number of hydrogen-bond donors (Lipinski definition) is 1. The molecule has 0 spiro atoms. The van der Waals surface area contributed by atoms with Crippen LogP contribution in [-0.4, -0.2) is 49.9 Å². The lowest BCUT2D eigenvalue weighted by atomic mass is 10.2. The number of carbonyl (C=O) groups is 1. The van der Waals surface area contributed by atoms with Crippen LogP contribution in [0.15, 0.2) is 41.5 Å². The van der Waals surface area contributed by atoms with Crippen molar-refractivity contribution in [2.45, 2.75) is 6.61 Å². The molecule has 0 bridgehead atoms. The minimum absolute atomic E-state index is 0.00283. The third-order valence-electron chi connectivity index (χ3n) is 4.22. The zero-order chi connectivity index (χ0) is 20.6. The zero-order valence-corrected chi connectivity index (χ0v) is 17.0. The molecule has 0 radical (unpaired) electrons. The van der Waals surface area contributed by atoms with Gasteiger partial charge in [-0.1, -0.05) is 41.4 Å². The van der Waals surface area contributed by atoms with Crippen molar-refractivity contribution in [2.75, 3.05) is 32.8 Å². The van der Waals surface area contributed by atoms with E-state index in [9.17, 15) is 9.18 Å². The highest BCUT2D eigenvalue weighted by Crippen LogP contribution is 2.34. The number of nitrogens with one attached hydrogen (secondary N) is 1. The Labute approximate surface area is 178 Å². The van der Waals surface area contributed by atoms with E-state index in [1.54, 1.807) is 30.3 Å². The molecule has 6 nitrogen and oxygen atoms in total. The standard InChI is InChI=1S/C20H20Cl2FN3O3/c21-16-9-14(11-24-25-19(27)12-26-5-7-28-8-6-26)10-17(22)20(16)29-13-15-3-1-2-4-18(15)23/h1-4,9-11H,5-8,12-13H2,(H,25,27). The van der Waals surface area contributed by atoms with E-state index >= 15 is 0 Å². The van der Waals surface area contributed by atoms with Crippen LogP contribution in [0.25, 0.3) is 0 Å². The zero-order valence-electron chi connectivity index (χ0n) is 15.5. The highest BCUT2D eigenvalue weighted by molar-refractivity contribution is 6.37. The summed E-state index contributed by atoms with van der Waals surface area (Å²) in [5.41, 5.74) is 3.46. The molecule has 2 aromatic carbocycles. The number of halogens is 3. The smallest absolute Gasteiger partial charge is 0.254 e. The molecule has 1 amide bonds. The third kappa shape index (κ3) is 6.40. The van der Waals surface area contributed by atoms with E-state index in [0.29, 0.717) is 24.3 Å². The fraction of sp³-hybridized carbons (Fsp3) is 0.300. The first-order chi connectivity index (χ1) is 14.0. The highest BCUT2D eigenvalue weighted by atomic mass is 35.5. The van der Waals surface area contributed by atoms with Crippen molar-refractivity contribution < 1.29 is 18.7 Å². The molecule has 1 aliphatic rings. The van der Waals surface area contributed by atoms with Gasteiger partial charge in [0.05, 0.1) is 36.0 Å². The fourth-order valence-corrected chi connectivity index (χ4v) is 3.35. The van der Waals surface area contributed by atoms with Gasteiger partial charge in [0.2, 0.25) is 0 Å². The Morgan fingerprint density at radius 2 is 1.93 bits per heavy atom. The first-order valence-electron chi connectivity index (χ1n) is 9.00. The summed E-state index contributed by atoms with van der Waals surface area (Å²) in [6.07, 6.45) is 1.44. The fourth-order valence-electron chi connectivity index (χ4n) is 2.73. The summed E-state index contributed by atoms with van der Waals surface area (Å²) in [5.74, 6) is -0.327. The van der Waals surface area contributed by atoms with Crippen LogP contribution in [0.5, 0.6) is 5.75 Å². The SMILES string of the molecule is O=C(CN1CCOCC1)NN=Cc1cc(Cl)c(OCc2ccccc2F)c(Cl)c1. The molecule has 1 saturated heterocycles. The lowest BCUT2D eigenvalue weighted by Gasteiger charge is -2.25. The summed E-state index contributed by atoms with van der Waals surface area (Å²) >= 11 is 12.5. The van der Waals surface area contributed by atoms with Crippen LogP contribution < -0.4 is 10.2 Å². The van der Waals surface area contributed by atoms with E-state index in [0.717, 1.165) is 13.1 Å². The summed E-state index contributed by atoms with van der Waals surface area (Å²) in [7, 11) is 0. The van der Waals surface area contributed by atoms with E-state index in [1.165, 1.54) is 12.3 Å². The minimum Gasteiger partial charge on any atom is -0.486 e. The molecule has 1 N–H and O–H groups in total. The second-order valence-electron chi connectivity index (χ2n) is 6.38. The van der Waals surface area contributed by atoms with Gasteiger partial charge >= 0.3 is 0 Å². The van der Waals surface area contributed by atoms with Crippen LogP contribution in [-0.2, 0) is 16.1 Å². The monoisotopic (exact) mass is 439 g/mol. The largest absolute Gasteiger partial charge is 0.486 e. The summed E-state index contributed by atoms with van der Waals surface area (Å²) in [4.78, 5) is 13.9. The molecule has 154 valence electrons. The maximum Gasteiger partial charge on any atom is 0.254 e. The van der Waals surface area contributed by atoms with Gasteiger partial charge in [-0.2, -0.15) is 5.10 Å². The van der Waals surface area contributed by atoms with Gasteiger partial charge in [-0.3, -0.25) is 9.69 Å². The van der Waals surface area contributed by atoms with Gasteiger partial charge < -0.3 is 9.47 Å². The van der Waals surface area contributed by atoms with Gasteiger partial charge in [-0.05, 0) is 23.8 Å². The molecule has 0 aliphatic carbocycles. The summed E-state index contributed by atoms with van der Waals surface area (Å²) in [5, 5.41) is 4.45. The third-order valence-corrected chi connectivity index (χ3v) is 4.79. The van der Waals surface area contributed by atoms with Crippen molar-refractivity contribution in [3.8, 4) is 5.75 Å². The summed E-state index contributed by atoms with van der Waals surface area (Å²) in [6, 6.07) is 9.50. The Morgan fingerprint density at radius 1 is 1.24 bits per heavy atom. The molecular formula is C20H20Cl2FN3O3. The number of nitrogens with zero attached hydrogens (tertiary/aromatic N) is 2. The van der Waals surface area contributed by atoms with Crippen LogP contribution in [0, 0.1) is 5.82 Å². The Balaban J connectivity index is 1.56. The lowest BCUT2D eigenvalue weighted by molar-refractivity contribution is -0.123. The molecule has 2 aromatic rings. The predicted octanol–water partition coefficient (Wildman–Crippen LogP) is 3.49. The van der Waals surface area contributed by atoms with Crippen LogP contribution in [0.3, 0.4) is 0 Å². The maximum absolute atomic E-state index is 13.7. The molecule has 1 heterocycles. The first kappa shape index (κ1) is 21.5. The predicted molar refractivity (Wildman–Crippen MR) is 110 cm³/mol. The van der Waals surface area contributed by atoms with Gasteiger partial charge in [0.25, 0.3) is 5.91 Å². The average molecular weight is 440 g/mol. The summed E-state index contributed by atoms with van der Waals surface area (Å²) < 4.78 is 24.5. The molecular weight excluding hydrogens is 420 g/mol. The van der Waals surface area contributed by atoms with Crippen molar-refractivity contribution in [3.05, 3.63) is 63.4 Å². The quantitative estimate of drug-likeness (QED) is 0.529. The molecule has 0 unspecified atom stereocenters. The number of ether oxygens (including phenoxy) is 2. The Morgan fingerprint density at radius 3 is 2.62 bits per heavy atom. The maximum atomic E-state index is 13.7. The molecule has 1 fully saturated rings. The molecule has 0 saturated carbocycles. The summed E-state index contributed by atoms with van der Waals surface area (Å²) in [6.45, 7) is 2.94. The van der Waals surface area contributed by atoms with Crippen molar-refractivity contribution >= 4 is 35.3 Å². The highest BCUT2D eigenvalue weighted by Gasteiger charge is 2.14. The number of morpholine rings is 1. The van der Waals surface area contributed by atoms with Crippen LogP contribution in [0.1, 0.15) is 11.1 Å². The topological polar surface area (TPSA) is 63.2 Å². The average Bonchev–Trinajstić information content (AvgIpc) is 2.69. The number of amides is 1.